The molecule has 1 aromatic heterocycles. The molecule has 21 heavy (non-hydrogen) atoms. The van der Waals surface area contributed by atoms with E-state index >= 15 is 0 Å². The van der Waals surface area contributed by atoms with E-state index in [2.05, 4.69) is 21.8 Å². The van der Waals surface area contributed by atoms with E-state index < -0.39 is 0 Å². The normalized spacial score (nSPS) is 24.7. The largest absolute Gasteiger partial charge is 0.369 e. The molecule has 0 saturated carbocycles. The Hall–Kier alpha value is -1.07. The molecule has 0 amide bonds. The third-order valence-electron chi connectivity index (χ3n) is 4.94. The highest BCUT2D eigenvalue weighted by atomic mass is 35.5. The van der Waals surface area contributed by atoms with Crippen molar-refractivity contribution in [3.63, 3.8) is 0 Å². The van der Waals surface area contributed by atoms with E-state index in [-0.39, 0.29) is 5.56 Å². The molecule has 0 spiro atoms. The SMILES string of the molecule is CC1CCCN1C1CCN(c2cnn(C)c(=O)c2Cl)CC1. The van der Waals surface area contributed by atoms with Gasteiger partial charge in [0.05, 0.1) is 11.9 Å². The monoisotopic (exact) mass is 310 g/mol. The van der Waals surface area contributed by atoms with Crippen LogP contribution in [0, 0.1) is 0 Å². The molecule has 1 aromatic rings. The molecule has 1 unspecified atom stereocenters. The highest BCUT2D eigenvalue weighted by molar-refractivity contribution is 6.33. The molecule has 2 aliphatic heterocycles. The summed E-state index contributed by atoms with van der Waals surface area (Å²) in [5, 5.41) is 4.38. The van der Waals surface area contributed by atoms with Crippen LogP contribution >= 0.6 is 11.6 Å². The molecule has 3 rings (SSSR count). The van der Waals surface area contributed by atoms with Crippen molar-refractivity contribution in [2.75, 3.05) is 24.5 Å². The first-order chi connectivity index (χ1) is 10.1. The standard InChI is InChI=1S/C15H23ClN4O/c1-11-4-3-7-20(11)12-5-8-19(9-6-12)13-10-17-18(2)15(21)14(13)16/h10-12H,3-9H2,1-2H3. The van der Waals surface area contributed by atoms with Gasteiger partial charge in [0.2, 0.25) is 0 Å². The molecule has 2 fully saturated rings. The number of piperidine rings is 1. The molecule has 2 aliphatic rings. The zero-order valence-corrected chi connectivity index (χ0v) is 13.5. The van der Waals surface area contributed by atoms with E-state index in [0.717, 1.165) is 37.7 Å². The van der Waals surface area contributed by atoms with Gasteiger partial charge in [-0.2, -0.15) is 5.10 Å². The number of halogens is 1. The first-order valence-electron chi connectivity index (χ1n) is 7.80. The third kappa shape index (κ3) is 2.81. The average Bonchev–Trinajstić information content (AvgIpc) is 2.91. The molecule has 5 nitrogen and oxygen atoms in total. The molecule has 116 valence electrons. The first kappa shape index (κ1) is 14.9. The van der Waals surface area contributed by atoms with Crippen molar-refractivity contribution in [1.82, 2.24) is 14.7 Å². The molecule has 0 aromatic carbocycles. The Balaban J connectivity index is 1.69. The molecule has 2 saturated heterocycles. The van der Waals surface area contributed by atoms with Crippen molar-refractivity contribution in [1.29, 1.82) is 0 Å². The van der Waals surface area contributed by atoms with E-state index in [0.29, 0.717) is 11.1 Å². The Labute approximate surface area is 130 Å². The maximum absolute atomic E-state index is 11.9. The lowest BCUT2D eigenvalue weighted by Crippen LogP contribution is -2.46. The average molecular weight is 311 g/mol. The number of aromatic nitrogens is 2. The zero-order valence-electron chi connectivity index (χ0n) is 12.8. The van der Waals surface area contributed by atoms with Gasteiger partial charge < -0.3 is 4.90 Å². The fourth-order valence-corrected chi connectivity index (χ4v) is 3.95. The topological polar surface area (TPSA) is 41.4 Å². The summed E-state index contributed by atoms with van der Waals surface area (Å²) in [5.41, 5.74) is 0.567. The Morgan fingerprint density at radius 2 is 1.95 bits per heavy atom. The smallest absolute Gasteiger partial charge is 0.287 e. The van der Waals surface area contributed by atoms with Crippen molar-refractivity contribution in [2.24, 2.45) is 7.05 Å². The quantitative estimate of drug-likeness (QED) is 0.836. The molecule has 6 heteroatoms. The third-order valence-corrected chi connectivity index (χ3v) is 5.29. The number of aryl methyl sites for hydroxylation is 1. The van der Waals surface area contributed by atoms with Crippen LogP contribution in [0.2, 0.25) is 5.02 Å². The van der Waals surface area contributed by atoms with Crippen molar-refractivity contribution >= 4 is 17.3 Å². The summed E-state index contributed by atoms with van der Waals surface area (Å²) in [7, 11) is 1.62. The van der Waals surface area contributed by atoms with Crippen LogP contribution in [0.25, 0.3) is 0 Å². The van der Waals surface area contributed by atoms with Crippen LogP contribution in [0.5, 0.6) is 0 Å². The van der Waals surface area contributed by atoms with E-state index in [9.17, 15) is 4.79 Å². The molecule has 0 N–H and O–H groups in total. The summed E-state index contributed by atoms with van der Waals surface area (Å²) < 4.78 is 1.28. The van der Waals surface area contributed by atoms with Crippen LogP contribution in [-0.4, -0.2) is 46.4 Å². The molecule has 0 bridgehead atoms. The lowest BCUT2D eigenvalue weighted by atomic mass is 10.0. The van der Waals surface area contributed by atoms with Gasteiger partial charge in [0.15, 0.2) is 0 Å². The summed E-state index contributed by atoms with van der Waals surface area (Å²) in [4.78, 5) is 16.7. The van der Waals surface area contributed by atoms with Gasteiger partial charge in [-0.3, -0.25) is 9.69 Å². The molecular weight excluding hydrogens is 288 g/mol. The maximum atomic E-state index is 11.9. The number of hydrogen-bond acceptors (Lipinski definition) is 4. The van der Waals surface area contributed by atoms with Crippen LogP contribution < -0.4 is 10.5 Å². The van der Waals surface area contributed by atoms with Crippen LogP contribution in [0.15, 0.2) is 11.0 Å². The highest BCUT2D eigenvalue weighted by Crippen LogP contribution is 2.29. The molecular formula is C15H23ClN4O. The second-order valence-electron chi connectivity index (χ2n) is 6.22. The minimum absolute atomic E-state index is 0.218. The Bertz CT molecular complexity index is 565. The number of rotatable bonds is 2. The zero-order chi connectivity index (χ0) is 15.0. The summed E-state index contributed by atoms with van der Waals surface area (Å²) in [6.45, 7) is 5.46. The van der Waals surface area contributed by atoms with Gasteiger partial charge in [-0.1, -0.05) is 11.6 Å². The Kier molecular flexibility index (Phi) is 4.22. The van der Waals surface area contributed by atoms with Gasteiger partial charge in [-0.25, -0.2) is 4.68 Å². The van der Waals surface area contributed by atoms with Gasteiger partial charge in [0.25, 0.3) is 5.56 Å². The lowest BCUT2D eigenvalue weighted by Gasteiger charge is -2.39. The summed E-state index contributed by atoms with van der Waals surface area (Å²) in [6.07, 6.45) is 6.63. The maximum Gasteiger partial charge on any atom is 0.287 e. The minimum Gasteiger partial charge on any atom is -0.369 e. The fourth-order valence-electron chi connectivity index (χ4n) is 3.66. The minimum atomic E-state index is -0.218. The van der Waals surface area contributed by atoms with Gasteiger partial charge in [0.1, 0.15) is 5.02 Å². The summed E-state index contributed by atoms with van der Waals surface area (Å²) in [5.74, 6) is 0. The molecule has 0 radical (unpaired) electrons. The second kappa shape index (κ2) is 5.97. The van der Waals surface area contributed by atoms with Crippen molar-refractivity contribution in [2.45, 2.75) is 44.7 Å². The lowest BCUT2D eigenvalue weighted by molar-refractivity contribution is 0.163. The van der Waals surface area contributed by atoms with Crippen LogP contribution in [0.1, 0.15) is 32.6 Å². The van der Waals surface area contributed by atoms with Crippen molar-refractivity contribution in [3.8, 4) is 0 Å². The Morgan fingerprint density at radius 3 is 2.57 bits per heavy atom. The number of hydrogen-bond donors (Lipinski definition) is 0. The molecule has 0 aliphatic carbocycles. The number of anilines is 1. The second-order valence-corrected chi connectivity index (χ2v) is 6.60. The van der Waals surface area contributed by atoms with Crippen molar-refractivity contribution < 1.29 is 0 Å². The van der Waals surface area contributed by atoms with E-state index in [4.69, 9.17) is 11.6 Å². The summed E-state index contributed by atoms with van der Waals surface area (Å²) >= 11 is 6.19. The van der Waals surface area contributed by atoms with E-state index in [1.54, 1.807) is 13.2 Å². The van der Waals surface area contributed by atoms with Gasteiger partial charge in [-0.05, 0) is 39.2 Å². The molecule has 1 atom stereocenters. The predicted molar refractivity (Wildman–Crippen MR) is 85.1 cm³/mol. The predicted octanol–water partition coefficient (Wildman–Crippen LogP) is 1.89. The number of likely N-dealkylation sites (tertiary alicyclic amines) is 1. The summed E-state index contributed by atoms with van der Waals surface area (Å²) in [6, 6.07) is 1.40. The Morgan fingerprint density at radius 1 is 1.24 bits per heavy atom. The number of nitrogens with zero attached hydrogens (tertiary/aromatic N) is 4. The van der Waals surface area contributed by atoms with E-state index in [1.807, 2.05) is 0 Å². The van der Waals surface area contributed by atoms with Crippen LogP contribution in [-0.2, 0) is 7.05 Å². The van der Waals surface area contributed by atoms with Crippen LogP contribution in [0.4, 0.5) is 5.69 Å². The fraction of sp³-hybridized carbons (Fsp3) is 0.733. The first-order valence-corrected chi connectivity index (χ1v) is 8.18. The van der Waals surface area contributed by atoms with E-state index in [1.165, 1.54) is 24.1 Å². The molecule has 3 heterocycles. The van der Waals surface area contributed by atoms with Gasteiger partial charge in [0, 0.05) is 32.2 Å². The van der Waals surface area contributed by atoms with Gasteiger partial charge >= 0.3 is 0 Å². The van der Waals surface area contributed by atoms with Crippen LogP contribution in [0.3, 0.4) is 0 Å². The van der Waals surface area contributed by atoms with Gasteiger partial charge in [-0.15, -0.1) is 0 Å². The van der Waals surface area contributed by atoms with Crippen molar-refractivity contribution in [3.05, 3.63) is 21.6 Å². The highest BCUT2D eigenvalue weighted by Gasteiger charge is 2.31.